The second-order valence-electron chi connectivity index (χ2n) is 11.0. The van der Waals surface area contributed by atoms with Crippen LogP contribution in [0.2, 0.25) is 0 Å². The van der Waals surface area contributed by atoms with E-state index in [9.17, 15) is 5.11 Å². The van der Waals surface area contributed by atoms with Crippen molar-refractivity contribution >= 4 is 0 Å². The van der Waals surface area contributed by atoms with Crippen LogP contribution in [0.4, 0.5) is 0 Å². The Labute approximate surface area is 192 Å². The zero-order valence-corrected chi connectivity index (χ0v) is 22.0. The summed E-state index contributed by atoms with van der Waals surface area (Å²) in [6.45, 7) is 10.9. The van der Waals surface area contributed by atoms with Gasteiger partial charge < -0.3 is 5.11 Å². The molecule has 0 aliphatic rings. The molecule has 0 bridgehead atoms. The highest BCUT2D eigenvalue weighted by Crippen LogP contribution is 2.38. The van der Waals surface area contributed by atoms with Crippen LogP contribution < -0.4 is 0 Å². The molecule has 1 unspecified atom stereocenters. The molecule has 182 valence electrons. The normalized spacial score (nSPS) is 14.2. The summed E-state index contributed by atoms with van der Waals surface area (Å²) in [5, 5.41) is 10.5. The maximum absolute atomic E-state index is 10.5. The first kappa shape index (κ1) is 30.0. The van der Waals surface area contributed by atoms with Crippen molar-refractivity contribution < 1.29 is 5.11 Å². The Morgan fingerprint density at radius 2 is 0.700 bits per heavy atom. The zero-order valence-electron chi connectivity index (χ0n) is 22.0. The first-order valence-electron chi connectivity index (χ1n) is 14.1. The molecule has 0 saturated heterocycles. The molecule has 0 fully saturated rings. The number of aliphatic hydroxyl groups is 1. The van der Waals surface area contributed by atoms with Crippen LogP contribution in [0.15, 0.2) is 0 Å². The van der Waals surface area contributed by atoms with Crippen molar-refractivity contribution in [2.45, 2.75) is 181 Å². The van der Waals surface area contributed by atoms with E-state index in [2.05, 4.69) is 27.7 Å². The van der Waals surface area contributed by atoms with Crippen molar-refractivity contribution in [1.82, 2.24) is 0 Å². The molecule has 1 nitrogen and oxygen atoms in total. The minimum Gasteiger partial charge on any atom is -0.390 e. The maximum Gasteiger partial charge on any atom is 0.0667 e. The van der Waals surface area contributed by atoms with Crippen LogP contribution in [0.3, 0.4) is 0 Å². The average molecular weight is 425 g/mol. The molecule has 0 aromatic carbocycles. The predicted molar refractivity (Wildman–Crippen MR) is 137 cm³/mol. The molecule has 0 rings (SSSR count). The highest BCUT2D eigenvalue weighted by atomic mass is 16.3. The Bertz CT molecular complexity index is 344. The Kier molecular flexibility index (Phi) is 19.6. The summed E-state index contributed by atoms with van der Waals surface area (Å²) >= 11 is 0. The third kappa shape index (κ3) is 16.6. The minimum atomic E-state index is -0.527. The fourth-order valence-corrected chi connectivity index (χ4v) is 4.57. The molecule has 0 radical (unpaired) electrons. The van der Waals surface area contributed by atoms with Gasteiger partial charge in [0, 0.05) is 0 Å². The lowest BCUT2D eigenvalue weighted by Crippen LogP contribution is -2.41. The summed E-state index contributed by atoms with van der Waals surface area (Å²) in [5.74, 6) is 0. The second kappa shape index (κ2) is 19.6. The van der Waals surface area contributed by atoms with Crippen molar-refractivity contribution in [1.29, 1.82) is 0 Å². The molecule has 0 aromatic rings. The molecule has 0 aliphatic carbocycles. The number of unbranched alkanes of at least 4 members (excludes halogenated alkanes) is 19. The highest BCUT2D eigenvalue weighted by molar-refractivity contribution is 4.88. The molecular formula is C29H60O. The van der Waals surface area contributed by atoms with Crippen LogP contribution in [0.1, 0.15) is 176 Å². The van der Waals surface area contributed by atoms with Gasteiger partial charge in [-0.1, -0.05) is 156 Å². The average Bonchev–Trinajstić information content (AvgIpc) is 2.72. The van der Waals surface area contributed by atoms with Gasteiger partial charge in [0.2, 0.25) is 0 Å². The third-order valence-corrected chi connectivity index (χ3v) is 7.80. The molecule has 0 spiro atoms. The van der Waals surface area contributed by atoms with Crippen molar-refractivity contribution in [3.63, 3.8) is 0 Å². The van der Waals surface area contributed by atoms with E-state index in [1.54, 1.807) is 0 Å². The van der Waals surface area contributed by atoms with Gasteiger partial charge in [-0.05, 0) is 25.2 Å². The van der Waals surface area contributed by atoms with E-state index in [0.29, 0.717) is 0 Å². The summed E-state index contributed by atoms with van der Waals surface area (Å²) in [5.41, 5.74) is -0.489. The van der Waals surface area contributed by atoms with Crippen LogP contribution in [-0.2, 0) is 0 Å². The SMILES string of the molecule is CCCCCCCCCCCCCCCCCCCCCCC(C)(C)C(C)(O)CC. The lowest BCUT2D eigenvalue weighted by atomic mass is 9.71. The number of hydrogen-bond donors (Lipinski definition) is 1. The molecule has 0 aromatic heterocycles. The van der Waals surface area contributed by atoms with Crippen molar-refractivity contribution in [3.8, 4) is 0 Å². The highest BCUT2D eigenvalue weighted by Gasteiger charge is 2.36. The van der Waals surface area contributed by atoms with Crippen LogP contribution in [0, 0.1) is 5.41 Å². The lowest BCUT2D eigenvalue weighted by molar-refractivity contribution is -0.0594. The quantitative estimate of drug-likeness (QED) is 0.162. The van der Waals surface area contributed by atoms with Crippen LogP contribution in [0.5, 0.6) is 0 Å². The van der Waals surface area contributed by atoms with E-state index >= 15 is 0 Å². The van der Waals surface area contributed by atoms with Gasteiger partial charge in [-0.2, -0.15) is 0 Å². The molecule has 0 saturated carbocycles. The monoisotopic (exact) mass is 424 g/mol. The fourth-order valence-electron chi connectivity index (χ4n) is 4.57. The van der Waals surface area contributed by atoms with Crippen LogP contribution in [0.25, 0.3) is 0 Å². The Balaban J connectivity index is 3.23. The molecule has 0 aliphatic heterocycles. The summed E-state index contributed by atoms with van der Waals surface area (Å²) in [7, 11) is 0. The van der Waals surface area contributed by atoms with Crippen molar-refractivity contribution in [3.05, 3.63) is 0 Å². The molecule has 1 atom stereocenters. The van der Waals surface area contributed by atoms with Gasteiger partial charge in [0.05, 0.1) is 5.60 Å². The van der Waals surface area contributed by atoms with Gasteiger partial charge in [0.25, 0.3) is 0 Å². The molecule has 1 N–H and O–H groups in total. The van der Waals surface area contributed by atoms with Crippen molar-refractivity contribution in [2.75, 3.05) is 0 Å². The van der Waals surface area contributed by atoms with E-state index in [0.717, 1.165) is 12.8 Å². The molecule has 1 heteroatoms. The Morgan fingerprint density at radius 3 is 0.967 bits per heavy atom. The molecule has 0 amide bonds. The zero-order chi connectivity index (χ0) is 22.6. The number of hydrogen-bond acceptors (Lipinski definition) is 1. The first-order chi connectivity index (χ1) is 14.4. The van der Waals surface area contributed by atoms with E-state index in [-0.39, 0.29) is 5.41 Å². The predicted octanol–water partition coefficient (Wildman–Crippen LogP) is 10.4. The van der Waals surface area contributed by atoms with Gasteiger partial charge >= 0.3 is 0 Å². The largest absolute Gasteiger partial charge is 0.390 e. The lowest BCUT2D eigenvalue weighted by Gasteiger charge is -2.39. The topological polar surface area (TPSA) is 20.2 Å². The minimum absolute atomic E-state index is 0.0377. The summed E-state index contributed by atoms with van der Waals surface area (Å²) < 4.78 is 0. The van der Waals surface area contributed by atoms with Gasteiger partial charge in [0.1, 0.15) is 0 Å². The summed E-state index contributed by atoms with van der Waals surface area (Å²) in [6, 6.07) is 0. The Morgan fingerprint density at radius 1 is 0.433 bits per heavy atom. The van der Waals surface area contributed by atoms with Crippen LogP contribution in [-0.4, -0.2) is 10.7 Å². The third-order valence-electron chi connectivity index (χ3n) is 7.80. The Hall–Kier alpha value is -0.0400. The second-order valence-corrected chi connectivity index (χ2v) is 11.0. The van der Waals surface area contributed by atoms with Crippen molar-refractivity contribution in [2.24, 2.45) is 5.41 Å². The smallest absolute Gasteiger partial charge is 0.0667 e. The van der Waals surface area contributed by atoms with Gasteiger partial charge in [-0.3, -0.25) is 0 Å². The van der Waals surface area contributed by atoms with Crippen LogP contribution >= 0.6 is 0 Å². The van der Waals surface area contributed by atoms with E-state index in [4.69, 9.17) is 0 Å². The standard InChI is InChI=1S/C29H60O/c1-6-8-9-10-11-12-13-14-15-16-17-18-19-20-21-22-23-24-25-26-27-28(3,4)29(5,30)7-2/h30H,6-27H2,1-5H3. The summed E-state index contributed by atoms with van der Waals surface area (Å²) in [4.78, 5) is 0. The maximum atomic E-state index is 10.5. The van der Waals surface area contributed by atoms with E-state index in [1.165, 1.54) is 128 Å². The van der Waals surface area contributed by atoms with Gasteiger partial charge in [-0.25, -0.2) is 0 Å². The van der Waals surface area contributed by atoms with Gasteiger partial charge in [0.15, 0.2) is 0 Å². The molecular weight excluding hydrogens is 364 g/mol. The summed E-state index contributed by atoms with van der Waals surface area (Å²) in [6.07, 6.45) is 30.6. The molecule has 0 heterocycles. The fraction of sp³-hybridized carbons (Fsp3) is 1.00. The molecule has 30 heavy (non-hydrogen) atoms. The number of rotatable bonds is 23. The van der Waals surface area contributed by atoms with Gasteiger partial charge in [-0.15, -0.1) is 0 Å². The van der Waals surface area contributed by atoms with E-state index < -0.39 is 5.60 Å². The first-order valence-corrected chi connectivity index (χ1v) is 14.1. The van der Waals surface area contributed by atoms with E-state index in [1.807, 2.05) is 6.92 Å².